The van der Waals surface area contributed by atoms with Gasteiger partial charge in [0.2, 0.25) is 11.8 Å². The Labute approximate surface area is 88.8 Å². The number of hydrogen-bond donors (Lipinski definition) is 1. The third-order valence-corrected chi connectivity index (χ3v) is 4.16. The van der Waals surface area contributed by atoms with E-state index in [2.05, 4.69) is 0 Å². The first kappa shape index (κ1) is 9.19. The molecule has 3 aliphatic rings. The molecule has 2 atom stereocenters. The van der Waals surface area contributed by atoms with Crippen molar-refractivity contribution < 1.29 is 9.59 Å². The fourth-order valence-corrected chi connectivity index (χ4v) is 2.87. The van der Waals surface area contributed by atoms with Gasteiger partial charge < -0.3 is 10.6 Å². The highest BCUT2D eigenvalue weighted by atomic mass is 16.2. The maximum absolute atomic E-state index is 11.8. The molecule has 0 aromatic heterocycles. The molecule has 1 saturated heterocycles. The van der Waals surface area contributed by atoms with Gasteiger partial charge in [0.25, 0.3) is 0 Å². The van der Waals surface area contributed by atoms with Gasteiger partial charge >= 0.3 is 0 Å². The monoisotopic (exact) mass is 208 g/mol. The van der Waals surface area contributed by atoms with Crippen molar-refractivity contribution in [3.63, 3.8) is 0 Å². The molecule has 2 aliphatic carbocycles. The van der Waals surface area contributed by atoms with Crippen molar-refractivity contribution in [3.8, 4) is 0 Å². The largest absolute Gasteiger partial charge is 0.369 e. The first-order valence-electron chi connectivity index (χ1n) is 5.70. The molecule has 1 aliphatic heterocycles. The maximum Gasteiger partial charge on any atom is 0.225 e. The number of nitrogens with two attached hydrogens (primary N) is 1. The van der Waals surface area contributed by atoms with E-state index in [1.165, 1.54) is 0 Å². The lowest BCUT2D eigenvalue weighted by Gasteiger charge is -2.15. The van der Waals surface area contributed by atoms with Crippen LogP contribution >= 0.6 is 0 Å². The smallest absolute Gasteiger partial charge is 0.225 e. The molecule has 4 heteroatoms. The zero-order chi connectivity index (χ0) is 10.6. The summed E-state index contributed by atoms with van der Waals surface area (Å²) < 4.78 is 0. The summed E-state index contributed by atoms with van der Waals surface area (Å²) in [4.78, 5) is 24.8. The molecule has 0 aromatic rings. The van der Waals surface area contributed by atoms with Crippen LogP contribution in [0.25, 0.3) is 0 Å². The third kappa shape index (κ3) is 1.34. The van der Waals surface area contributed by atoms with Crippen molar-refractivity contribution in [1.29, 1.82) is 0 Å². The van der Waals surface area contributed by atoms with Gasteiger partial charge in [-0.2, -0.15) is 0 Å². The first-order chi connectivity index (χ1) is 7.12. The van der Waals surface area contributed by atoms with E-state index in [1.54, 1.807) is 0 Å². The minimum Gasteiger partial charge on any atom is -0.369 e. The van der Waals surface area contributed by atoms with E-state index in [1.807, 2.05) is 4.90 Å². The quantitative estimate of drug-likeness (QED) is 0.700. The van der Waals surface area contributed by atoms with Crippen molar-refractivity contribution in [2.45, 2.75) is 25.7 Å². The van der Waals surface area contributed by atoms with Crippen LogP contribution in [0.5, 0.6) is 0 Å². The van der Waals surface area contributed by atoms with E-state index in [-0.39, 0.29) is 17.2 Å². The van der Waals surface area contributed by atoms with Crippen molar-refractivity contribution in [3.05, 3.63) is 0 Å². The molecule has 0 aromatic carbocycles. The fourth-order valence-electron chi connectivity index (χ4n) is 2.87. The van der Waals surface area contributed by atoms with Crippen LogP contribution in [-0.4, -0.2) is 29.8 Å². The molecular weight excluding hydrogens is 192 g/mol. The van der Waals surface area contributed by atoms with Crippen LogP contribution < -0.4 is 5.73 Å². The lowest BCUT2D eigenvalue weighted by molar-refractivity contribution is -0.132. The van der Waals surface area contributed by atoms with Crippen molar-refractivity contribution in [1.82, 2.24) is 4.90 Å². The minimum absolute atomic E-state index is 0.0366. The second-order valence-electron chi connectivity index (χ2n) is 5.31. The number of carbonyl (C=O) groups is 2. The third-order valence-electron chi connectivity index (χ3n) is 4.16. The van der Waals surface area contributed by atoms with Gasteiger partial charge in [-0.05, 0) is 25.7 Å². The molecular formula is C11H16N2O2. The van der Waals surface area contributed by atoms with Gasteiger partial charge in [0, 0.05) is 30.3 Å². The summed E-state index contributed by atoms with van der Waals surface area (Å²) in [6.07, 6.45) is 3.99. The summed E-state index contributed by atoms with van der Waals surface area (Å²) in [6, 6.07) is 0. The van der Waals surface area contributed by atoms with Gasteiger partial charge in [0.1, 0.15) is 0 Å². The summed E-state index contributed by atoms with van der Waals surface area (Å²) in [5.74, 6) is 0.457. The number of amides is 2. The van der Waals surface area contributed by atoms with Crippen LogP contribution in [0.15, 0.2) is 0 Å². The molecule has 15 heavy (non-hydrogen) atoms. The Kier molecular flexibility index (Phi) is 1.68. The van der Waals surface area contributed by atoms with Gasteiger partial charge in [-0.15, -0.1) is 0 Å². The van der Waals surface area contributed by atoms with E-state index in [4.69, 9.17) is 5.73 Å². The second kappa shape index (κ2) is 2.74. The molecule has 2 amide bonds. The molecule has 3 rings (SSSR count). The lowest BCUT2D eigenvalue weighted by atomic mass is 10.0. The van der Waals surface area contributed by atoms with E-state index in [0.717, 1.165) is 38.8 Å². The van der Waals surface area contributed by atoms with E-state index >= 15 is 0 Å². The predicted octanol–water partition coefficient (Wildman–Crippen LogP) is 0.120. The molecule has 4 nitrogen and oxygen atoms in total. The number of hydrogen-bond acceptors (Lipinski definition) is 2. The average Bonchev–Trinajstić information content (AvgIpc) is 3.03. The van der Waals surface area contributed by atoms with E-state index in [9.17, 15) is 9.59 Å². The van der Waals surface area contributed by atoms with Gasteiger partial charge in [-0.3, -0.25) is 9.59 Å². The Hall–Kier alpha value is -1.06. The van der Waals surface area contributed by atoms with Crippen LogP contribution in [0.2, 0.25) is 0 Å². The van der Waals surface area contributed by atoms with Gasteiger partial charge in [0.15, 0.2) is 0 Å². The molecule has 1 heterocycles. The molecule has 0 radical (unpaired) electrons. The molecule has 2 saturated carbocycles. The predicted molar refractivity (Wildman–Crippen MR) is 53.7 cm³/mol. The average molecular weight is 208 g/mol. The van der Waals surface area contributed by atoms with Gasteiger partial charge in [0.05, 0.1) is 0 Å². The van der Waals surface area contributed by atoms with Gasteiger partial charge in [-0.1, -0.05) is 0 Å². The highest BCUT2D eigenvalue weighted by Gasteiger charge is 2.61. The highest BCUT2D eigenvalue weighted by Crippen LogP contribution is 2.58. The van der Waals surface area contributed by atoms with Crippen LogP contribution in [-0.2, 0) is 9.59 Å². The summed E-state index contributed by atoms with van der Waals surface area (Å²) in [6.45, 7) is 1.61. The van der Waals surface area contributed by atoms with Crippen molar-refractivity contribution in [2.75, 3.05) is 13.1 Å². The fraction of sp³-hybridized carbons (Fsp3) is 0.818. The molecule has 2 N–H and O–H groups in total. The molecule has 0 bridgehead atoms. The van der Waals surface area contributed by atoms with Crippen molar-refractivity contribution in [2.24, 2.45) is 23.0 Å². The number of carbonyl (C=O) groups excluding carboxylic acids is 2. The molecule has 2 unspecified atom stereocenters. The summed E-state index contributed by atoms with van der Waals surface area (Å²) >= 11 is 0. The minimum atomic E-state index is -0.185. The normalized spacial score (nSPS) is 38.4. The van der Waals surface area contributed by atoms with Crippen LogP contribution in [0.4, 0.5) is 0 Å². The van der Waals surface area contributed by atoms with E-state index in [0.29, 0.717) is 11.8 Å². The zero-order valence-corrected chi connectivity index (χ0v) is 8.74. The topological polar surface area (TPSA) is 63.4 Å². The molecule has 1 spiro atoms. The Balaban J connectivity index is 1.64. The Morgan fingerprint density at radius 1 is 1.33 bits per heavy atom. The Morgan fingerprint density at radius 3 is 2.60 bits per heavy atom. The standard InChI is InChI=1S/C11H16N2O2/c12-9(14)8-5-11(8)3-4-13(6-11)10(15)7-1-2-7/h7-8H,1-6H2,(H2,12,14). The SMILES string of the molecule is NC(=O)C1CC12CCN(C(=O)C1CC1)C2. The Morgan fingerprint density at radius 2 is 2.07 bits per heavy atom. The van der Waals surface area contributed by atoms with Crippen LogP contribution in [0.3, 0.4) is 0 Å². The summed E-state index contributed by atoms with van der Waals surface area (Å²) in [7, 11) is 0. The number of rotatable bonds is 2. The maximum atomic E-state index is 11.8. The highest BCUT2D eigenvalue weighted by molar-refractivity contribution is 5.83. The first-order valence-corrected chi connectivity index (χ1v) is 5.70. The van der Waals surface area contributed by atoms with Gasteiger partial charge in [-0.25, -0.2) is 0 Å². The molecule has 3 fully saturated rings. The lowest BCUT2D eigenvalue weighted by Crippen LogP contribution is -2.31. The second-order valence-corrected chi connectivity index (χ2v) is 5.31. The summed E-state index contributed by atoms with van der Waals surface area (Å²) in [5, 5.41) is 0. The molecule has 82 valence electrons. The Bertz CT molecular complexity index is 337. The zero-order valence-electron chi connectivity index (χ0n) is 8.74. The van der Waals surface area contributed by atoms with Crippen molar-refractivity contribution >= 4 is 11.8 Å². The summed E-state index contributed by atoms with van der Waals surface area (Å²) in [5.41, 5.74) is 5.38. The number of likely N-dealkylation sites (tertiary alicyclic amines) is 1. The van der Waals surface area contributed by atoms with Crippen LogP contribution in [0.1, 0.15) is 25.7 Å². The number of primary amides is 1. The number of nitrogens with zero attached hydrogens (tertiary/aromatic N) is 1. The van der Waals surface area contributed by atoms with Crippen LogP contribution in [0, 0.1) is 17.3 Å². The van der Waals surface area contributed by atoms with E-state index < -0.39 is 0 Å².